The number of halogens is 1. The van der Waals surface area contributed by atoms with Crippen molar-refractivity contribution in [2.24, 2.45) is 5.10 Å². The van der Waals surface area contributed by atoms with Gasteiger partial charge < -0.3 is 9.47 Å². The Bertz CT molecular complexity index is 1000. The number of aromatic nitrogens is 1. The zero-order chi connectivity index (χ0) is 20.1. The Labute approximate surface area is 174 Å². The highest BCUT2D eigenvalue weighted by atomic mass is 35.5. The number of benzene rings is 2. The molecule has 28 heavy (non-hydrogen) atoms. The van der Waals surface area contributed by atoms with Gasteiger partial charge in [-0.2, -0.15) is 5.10 Å². The fourth-order valence-corrected chi connectivity index (χ4v) is 3.61. The van der Waals surface area contributed by atoms with Gasteiger partial charge in [-0.1, -0.05) is 23.7 Å². The van der Waals surface area contributed by atoms with Gasteiger partial charge in [0.05, 0.1) is 30.6 Å². The Balaban J connectivity index is 1.73. The van der Waals surface area contributed by atoms with Gasteiger partial charge >= 0.3 is 0 Å². The maximum atomic E-state index is 6.26. The van der Waals surface area contributed by atoms with Gasteiger partial charge in [-0.25, -0.2) is 4.98 Å². The fraction of sp³-hybridized carbons (Fsp3) is 0.238. The van der Waals surface area contributed by atoms with Crippen molar-refractivity contribution in [3.05, 3.63) is 57.4 Å². The minimum atomic E-state index is 0.473. The lowest BCUT2D eigenvalue weighted by Gasteiger charge is -2.11. The van der Waals surface area contributed by atoms with Crippen LogP contribution >= 0.6 is 22.9 Å². The monoisotopic (exact) mass is 415 g/mol. The summed E-state index contributed by atoms with van der Waals surface area (Å²) >= 11 is 7.77. The predicted octanol–water partition coefficient (Wildman–Crippen LogP) is 5.93. The van der Waals surface area contributed by atoms with Crippen LogP contribution in [0.2, 0.25) is 5.02 Å². The van der Waals surface area contributed by atoms with E-state index in [9.17, 15) is 0 Å². The van der Waals surface area contributed by atoms with Crippen molar-refractivity contribution in [1.29, 1.82) is 0 Å². The van der Waals surface area contributed by atoms with Gasteiger partial charge in [-0.05, 0) is 55.7 Å². The molecule has 7 heteroatoms. The molecule has 3 rings (SSSR count). The van der Waals surface area contributed by atoms with E-state index in [0.717, 1.165) is 16.8 Å². The standard InChI is InChI=1S/C21H22ClN3O2S/c1-5-27-19-10-15(9-17(22)20(19)26-4)11-23-25-21-24-18(12-28-21)16-7-6-13(2)14(3)8-16/h6-12H,5H2,1-4H3,(H,24,25)/b23-11-. The highest BCUT2D eigenvalue weighted by Crippen LogP contribution is 2.36. The van der Waals surface area contributed by atoms with Crippen molar-refractivity contribution in [1.82, 2.24) is 4.98 Å². The van der Waals surface area contributed by atoms with Gasteiger partial charge in [0.2, 0.25) is 5.13 Å². The highest BCUT2D eigenvalue weighted by Gasteiger charge is 2.11. The summed E-state index contributed by atoms with van der Waals surface area (Å²) in [6, 6.07) is 9.95. The highest BCUT2D eigenvalue weighted by molar-refractivity contribution is 7.14. The third kappa shape index (κ3) is 4.64. The number of ether oxygens (including phenoxy) is 2. The lowest BCUT2D eigenvalue weighted by Crippen LogP contribution is -1.98. The predicted molar refractivity (Wildman–Crippen MR) is 117 cm³/mol. The first-order valence-corrected chi connectivity index (χ1v) is 10.1. The van der Waals surface area contributed by atoms with E-state index < -0.39 is 0 Å². The third-order valence-electron chi connectivity index (χ3n) is 4.22. The second-order valence-corrected chi connectivity index (χ2v) is 7.44. The van der Waals surface area contributed by atoms with Crippen molar-refractivity contribution in [3.63, 3.8) is 0 Å². The molecule has 1 aromatic heterocycles. The summed E-state index contributed by atoms with van der Waals surface area (Å²) in [5, 5.41) is 7.47. The minimum absolute atomic E-state index is 0.473. The minimum Gasteiger partial charge on any atom is -0.491 e. The quantitative estimate of drug-likeness (QED) is 0.383. The number of hydrogen-bond acceptors (Lipinski definition) is 6. The summed E-state index contributed by atoms with van der Waals surface area (Å²) in [5.41, 5.74) is 8.31. The zero-order valence-electron chi connectivity index (χ0n) is 16.2. The first kappa shape index (κ1) is 20.2. The van der Waals surface area contributed by atoms with Crippen LogP contribution in [0.4, 0.5) is 5.13 Å². The Hall–Kier alpha value is -2.57. The van der Waals surface area contributed by atoms with E-state index in [0.29, 0.717) is 28.3 Å². The maximum Gasteiger partial charge on any atom is 0.203 e. The van der Waals surface area contributed by atoms with Crippen molar-refractivity contribution < 1.29 is 9.47 Å². The smallest absolute Gasteiger partial charge is 0.203 e. The normalized spacial score (nSPS) is 11.0. The van der Waals surface area contributed by atoms with Crippen LogP contribution in [-0.4, -0.2) is 24.9 Å². The number of aryl methyl sites for hydroxylation is 2. The topological polar surface area (TPSA) is 55.7 Å². The van der Waals surface area contributed by atoms with E-state index in [1.165, 1.54) is 22.5 Å². The second-order valence-electron chi connectivity index (χ2n) is 6.17. The van der Waals surface area contributed by atoms with E-state index in [-0.39, 0.29) is 0 Å². The van der Waals surface area contributed by atoms with Crippen LogP contribution < -0.4 is 14.9 Å². The zero-order valence-corrected chi connectivity index (χ0v) is 17.8. The van der Waals surface area contributed by atoms with E-state index in [1.54, 1.807) is 19.4 Å². The third-order valence-corrected chi connectivity index (χ3v) is 5.24. The molecule has 0 radical (unpaired) electrons. The number of methoxy groups -OCH3 is 1. The van der Waals surface area contributed by atoms with Crippen molar-refractivity contribution in [2.45, 2.75) is 20.8 Å². The number of hydrogen-bond donors (Lipinski definition) is 1. The molecule has 2 aromatic carbocycles. The SMILES string of the molecule is CCOc1cc(/C=N\Nc2nc(-c3ccc(C)c(C)c3)cs2)cc(Cl)c1OC. The molecule has 5 nitrogen and oxygen atoms in total. The average molecular weight is 416 g/mol. The number of hydrazone groups is 1. The number of thiazole rings is 1. The summed E-state index contributed by atoms with van der Waals surface area (Å²) in [5.74, 6) is 1.11. The van der Waals surface area contributed by atoms with Crippen LogP contribution in [0.1, 0.15) is 23.6 Å². The fourth-order valence-electron chi connectivity index (χ4n) is 2.64. The molecule has 0 saturated heterocycles. The Morgan fingerprint density at radius 2 is 2.04 bits per heavy atom. The van der Waals surface area contributed by atoms with Crippen LogP contribution in [0.3, 0.4) is 0 Å². The van der Waals surface area contributed by atoms with Crippen molar-refractivity contribution in [3.8, 4) is 22.8 Å². The molecular weight excluding hydrogens is 394 g/mol. The van der Waals surface area contributed by atoms with Crippen LogP contribution in [0.5, 0.6) is 11.5 Å². The molecule has 0 aliphatic rings. The first-order chi connectivity index (χ1) is 13.5. The summed E-state index contributed by atoms with van der Waals surface area (Å²) in [6.45, 7) is 6.63. The van der Waals surface area contributed by atoms with Crippen LogP contribution in [0.15, 0.2) is 40.8 Å². The van der Waals surface area contributed by atoms with E-state index >= 15 is 0 Å². The molecule has 146 valence electrons. The van der Waals surface area contributed by atoms with E-state index in [1.807, 2.05) is 18.4 Å². The summed E-state index contributed by atoms with van der Waals surface area (Å²) in [6.07, 6.45) is 1.67. The van der Waals surface area contributed by atoms with Crippen LogP contribution in [-0.2, 0) is 0 Å². The number of nitrogens with one attached hydrogen (secondary N) is 1. The molecule has 1 N–H and O–H groups in total. The Morgan fingerprint density at radius 1 is 1.21 bits per heavy atom. The molecule has 0 bridgehead atoms. The molecule has 0 unspecified atom stereocenters. The molecule has 0 saturated carbocycles. The van der Waals surface area contributed by atoms with Crippen LogP contribution in [0, 0.1) is 13.8 Å². The van der Waals surface area contributed by atoms with Gasteiger partial charge in [-0.15, -0.1) is 11.3 Å². The molecule has 0 spiro atoms. The van der Waals surface area contributed by atoms with Gasteiger partial charge in [0, 0.05) is 10.9 Å². The summed E-state index contributed by atoms with van der Waals surface area (Å²) in [4.78, 5) is 4.60. The maximum absolute atomic E-state index is 6.26. The molecule has 0 aliphatic carbocycles. The molecule has 0 amide bonds. The van der Waals surface area contributed by atoms with Gasteiger partial charge in [-0.3, -0.25) is 5.43 Å². The Morgan fingerprint density at radius 3 is 2.75 bits per heavy atom. The first-order valence-electron chi connectivity index (χ1n) is 8.84. The molecular formula is C21H22ClN3O2S. The second kappa shape index (κ2) is 9.08. The molecule has 1 heterocycles. The van der Waals surface area contributed by atoms with E-state index in [2.05, 4.69) is 47.6 Å². The lowest BCUT2D eigenvalue weighted by molar-refractivity contribution is 0.311. The van der Waals surface area contributed by atoms with Crippen molar-refractivity contribution in [2.75, 3.05) is 19.1 Å². The largest absolute Gasteiger partial charge is 0.491 e. The molecule has 3 aromatic rings. The van der Waals surface area contributed by atoms with Gasteiger partial charge in [0.1, 0.15) is 0 Å². The van der Waals surface area contributed by atoms with Gasteiger partial charge in [0.15, 0.2) is 11.5 Å². The Kier molecular flexibility index (Phi) is 6.54. The molecule has 0 fully saturated rings. The van der Waals surface area contributed by atoms with Gasteiger partial charge in [0.25, 0.3) is 0 Å². The lowest BCUT2D eigenvalue weighted by atomic mass is 10.1. The number of anilines is 1. The molecule has 0 aliphatic heterocycles. The molecule has 0 atom stereocenters. The average Bonchev–Trinajstić information content (AvgIpc) is 3.13. The number of nitrogens with zero attached hydrogens (tertiary/aromatic N) is 2. The number of rotatable bonds is 7. The summed E-state index contributed by atoms with van der Waals surface area (Å²) in [7, 11) is 1.56. The van der Waals surface area contributed by atoms with E-state index in [4.69, 9.17) is 21.1 Å². The van der Waals surface area contributed by atoms with Crippen molar-refractivity contribution >= 4 is 34.3 Å². The van der Waals surface area contributed by atoms with Crippen LogP contribution in [0.25, 0.3) is 11.3 Å². The summed E-state index contributed by atoms with van der Waals surface area (Å²) < 4.78 is 10.9.